The maximum absolute atomic E-state index is 5.50. The maximum Gasteiger partial charge on any atom is 0.169 e. The summed E-state index contributed by atoms with van der Waals surface area (Å²) in [5.74, 6) is 1.83. The quantitative estimate of drug-likeness (QED) is 0.897. The van der Waals surface area contributed by atoms with E-state index in [0.29, 0.717) is 12.1 Å². The number of hydrogen-bond donors (Lipinski definition) is 1. The normalized spacial score (nSPS) is 28.5. The maximum atomic E-state index is 5.50. The summed E-state index contributed by atoms with van der Waals surface area (Å²) in [6, 6.07) is 4.95. The summed E-state index contributed by atoms with van der Waals surface area (Å²) in [5, 5.41) is 3.58. The third kappa shape index (κ3) is 2.04. The zero-order chi connectivity index (χ0) is 10.1. The SMILES string of the molecule is CC(NC1CCC1C)c1ccc(Br)o1. The summed E-state index contributed by atoms with van der Waals surface area (Å²) in [4.78, 5) is 0. The molecular weight excluding hydrogens is 242 g/mol. The van der Waals surface area contributed by atoms with Crippen LogP contribution in [0.1, 0.15) is 38.5 Å². The van der Waals surface area contributed by atoms with Crippen LogP contribution in [-0.2, 0) is 0 Å². The summed E-state index contributed by atoms with van der Waals surface area (Å²) in [5.41, 5.74) is 0. The second kappa shape index (κ2) is 4.07. The van der Waals surface area contributed by atoms with Crippen molar-refractivity contribution in [3.05, 3.63) is 22.6 Å². The molecule has 0 amide bonds. The number of hydrogen-bond acceptors (Lipinski definition) is 2. The molecule has 1 N–H and O–H groups in total. The third-order valence-corrected chi connectivity index (χ3v) is 3.53. The average Bonchev–Trinajstić information content (AvgIpc) is 2.58. The summed E-state index contributed by atoms with van der Waals surface area (Å²) >= 11 is 3.32. The van der Waals surface area contributed by atoms with E-state index in [2.05, 4.69) is 35.1 Å². The van der Waals surface area contributed by atoms with Crippen LogP contribution in [0.3, 0.4) is 0 Å². The molecule has 2 rings (SSSR count). The molecule has 3 heteroatoms. The highest BCUT2D eigenvalue weighted by molar-refractivity contribution is 9.10. The molecule has 0 saturated heterocycles. The fourth-order valence-corrected chi connectivity index (χ4v) is 2.20. The summed E-state index contributed by atoms with van der Waals surface area (Å²) < 4.78 is 6.31. The highest BCUT2D eigenvalue weighted by Gasteiger charge is 2.28. The van der Waals surface area contributed by atoms with Crippen molar-refractivity contribution in [2.75, 3.05) is 0 Å². The molecule has 0 radical (unpaired) electrons. The van der Waals surface area contributed by atoms with E-state index in [4.69, 9.17) is 4.42 Å². The lowest BCUT2D eigenvalue weighted by molar-refractivity contribution is 0.206. The second-order valence-corrected chi connectivity index (χ2v) is 4.97. The summed E-state index contributed by atoms with van der Waals surface area (Å²) in [7, 11) is 0. The van der Waals surface area contributed by atoms with E-state index in [-0.39, 0.29) is 0 Å². The van der Waals surface area contributed by atoms with Crippen molar-refractivity contribution in [3.63, 3.8) is 0 Å². The van der Waals surface area contributed by atoms with Gasteiger partial charge in [0, 0.05) is 6.04 Å². The zero-order valence-corrected chi connectivity index (χ0v) is 10.2. The van der Waals surface area contributed by atoms with E-state index >= 15 is 0 Å². The average molecular weight is 258 g/mol. The molecule has 0 aromatic carbocycles. The minimum absolute atomic E-state index is 0.314. The van der Waals surface area contributed by atoms with Crippen LogP contribution in [-0.4, -0.2) is 6.04 Å². The van der Waals surface area contributed by atoms with Crippen LogP contribution in [0.5, 0.6) is 0 Å². The zero-order valence-electron chi connectivity index (χ0n) is 8.59. The Morgan fingerprint density at radius 1 is 1.50 bits per heavy atom. The van der Waals surface area contributed by atoms with Crippen LogP contribution < -0.4 is 5.32 Å². The van der Waals surface area contributed by atoms with Crippen molar-refractivity contribution in [2.24, 2.45) is 5.92 Å². The van der Waals surface area contributed by atoms with Gasteiger partial charge in [-0.15, -0.1) is 0 Å². The highest BCUT2D eigenvalue weighted by atomic mass is 79.9. The van der Waals surface area contributed by atoms with Crippen molar-refractivity contribution >= 4 is 15.9 Å². The first-order chi connectivity index (χ1) is 6.66. The molecule has 1 saturated carbocycles. The fourth-order valence-electron chi connectivity index (χ4n) is 1.88. The van der Waals surface area contributed by atoms with Gasteiger partial charge in [0.2, 0.25) is 0 Å². The van der Waals surface area contributed by atoms with Gasteiger partial charge in [-0.05, 0) is 53.7 Å². The monoisotopic (exact) mass is 257 g/mol. The molecule has 3 unspecified atom stereocenters. The van der Waals surface area contributed by atoms with Crippen molar-refractivity contribution in [2.45, 2.75) is 38.8 Å². The van der Waals surface area contributed by atoms with Crippen molar-refractivity contribution < 1.29 is 4.42 Å². The van der Waals surface area contributed by atoms with Gasteiger partial charge in [-0.2, -0.15) is 0 Å². The van der Waals surface area contributed by atoms with Crippen LogP contribution in [0.25, 0.3) is 0 Å². The molecule has 14 heavy (non-hydrogen) atoms. The minimum atomic E-state index is 0.314. The summed E-state index contributed by atoms with van der Waals surface area (Å²) in [6.45, 7) is 4.45. The molecule has 1 aromatic rings. The van der Waals surface area contributed by atoms with Crippen LogP contribution in [0, 0.1) is 5.92 Å². The Hall–Kier alpha value is -0.280. The fraction of sp³-hybridized carbons (Fsp3) is 0.636. The molecule has 0 bridgehead atoms. The number of nitrogens with one attached hydrogen (secondary N) is 1. The van der Waals surface area contributed by atoms with E-state index in [1.807, 2.05) is 12.1 Å². The summed E-state index contributed by atoms with van der Waals surface area (Å²) in [6.07, 6.45) is 2.65. The van der Waals surface area contributed by atoms with Gasteiger partial charge >= 0.3 is 0 Å². The molecule has 1 heterocycles. The molecule has 1 fully saturated rings. The first-order valence-electron chi connectivity index (χ1n) is 5.18. The molecular formula is C11H16BrNO. The van der Waals surface area contributed by atoms with Gasteiger partial charge < -0.3 is 9.73 Å². The predicted octanol–water partition coefficient (Wildman–Crippen LogP) is 3.49. The van der Waals surface area contributed by atoms with Gasteiger partial charge in [-0.3, -0.25) is 0 Å². The standard InChI is InChI=1S/C11H16BrNO/c1-7-3-4-9(7)13-8(2)10-5-6-11(12)14-10/h5-9,13H,3-4H2,1-2H3. The van der Waals surface area contributed by atoms with E-state index in [1.165, 1.54) is 12.8 Å². The lowest BCUT2D eigenvalue weighted by atomic mass is 9.81. The molecule has 0 aliphatic heterocycles. The van der Waals surface area contributed by atoms with Crippen LogP contribution >= 0.6 is 15.9 Å². The van der Waals surface area contributed by atoms with Crippen molar-refractivity contribution in [1.82, 2.24) is 5.32 Å². The van der Waals surface area contributed by atoms with Gasteiger partial charge in [0.1, 0.15) is 5.76 Å². The second-order valence-electron chi connectivity index (χ2n) is 4.19. The smallest absolute Gasteiger partial charge is 0.169 e. The van der Waals surface area contributed by atoms with E-state index in [0.717, 1.165) is 16.3 Å². The van der Waals surface area contributed by atoms with Crippen LogP contribution in [0.15, 0.2) is 21.2 Å². The molecule has 1 aliphatic rings. The lowest BCUT2D eigenvalue weighted by Gasteiger charge is -2.36. The Labute approximate surface area is 93.2 Å². The largest absolute Gasteiger partial charge is 0.453 e. The number of rotatable bonds is 3. The van der Waals surface area contributed by atoms with Crippen LogP contribution in [0.2, 0.25) is 0 Å². The molecule has 1 aromatic heterocycles. The number of halogens is 1. The Morgan fingerprint density at radius 3 is 2.71 bits per heavy atom. The molecule has 3 atom stereocenters. The number of furan rings is 1. The van der Waals surface area contributed by atoms with Gasteiger partial charge in [0.05, 0.1) is 6.04 Å². The van der Waals surface area contributed by atoms with Gasteiger partial charge in [-0.25, -0.2) is 0 Å². The molecule has 78 valence electrons. The van der Waals surface area contributed by atoms with E-state index in [1.54, 1.807) is 0 Å². The van der Waals surface area contributed by atoms with Gasteiger partial charge in [0.15, 0.2) is 4.67 Å². The van der Waals surface area contributed by atoms with Gasteiger partial charge in [-0.1, -0.05) is 6.92 Å². The Bertz CT molecular complexity index is 310. The predicted molar refractivity (Wildman–Crippen MR) is 60.1 cm³/mol. The highest BCUT2D eigenvalue weighted by Crippen LogP contribution is 2.29. The first-order valence-corrected chi connectivity index (χ1v) is 5.97. The third-order valence-electron chi connectivity index (χ3n) is 3.10. The van der Waals surface area contributed by atoms with E-state index < -0.39 is 0 Å². The topological polar surface area (TPSA) is 25.2 Å². The van der Waals surface area contributed by atoms with Crippen molar-refractivity contribution in [3.8, 4) is 0 Å². The van der Waals surface area contributed by atoms with Crippen molar-refractivity contribution in [1.29, 1.82) is 0 Å². The molecule has 2 nitrogen and oxygen atoms in total. The Kier molecular flexibility index (Phi) is 2.98. The molecule has 1 aliphatic carbocycles. The minimum Gasteiger partial charge on any atom is -0.453 e. The molecule has 0 spiro atoms. The Morgan fingerprint density at radius 2 is 2.29 bits per heavy atom. The van der Waals surface area contributed by atoms with E-state index in [9.17, 15) is 0 Å². The first kappa shape index (κ1) is 10.2. The van der Waals surface area contributed by atoms with Crippen LogP contribution in [0.4, 0.5) is 0 Å². The lowest BCUT2D eigenvalue weighted by Crippen LogP contribution is -2.43. The van der Waals surface area contributed by atoms with Gasteiger partial charge in [0.25, 0.3) is 0 Å². The Balaban J connectivity index is 1.92.